The Morgan fingerprint density at radius 3 is 2.58 bits per heavy atom. The monoisotopic (exact) mass is 429 g/mol. The molecule has 2 unspecified atom stereocenters. The third-order valence-corrected chi connectivity index (χ3v) is 5.35. The van der Waals surface area contributed by atoms with E-state index in [1.165, 1.54) is 41.2 Å². The number of rotatable bonds is 5. The molecule has 2 aromatic heterocycles. The highest BCUT2D eigenvalue weighted by molar-refractivity contribution is 5.95. The zero-order valence-corrected chi connectivity index (χ0v) is 16.7. The Bertz CT molecular complexity index is 1160. The lowest BCUT2D eigenvalue weighted by molar-refractivity contribution is 0.0871. The quantitative estimate of drug-likeness (QED) is 0.648. The molecule has 0 bridgehead atoms. The Kier molecular flexibility index (Phi) is 5.64. The van der Waals surface area contributed by atoms with Crippen LogP contribution in [0.5, 0.6) is 0 Å². The number of amides is 1. The van der Waals surface area contributed by atoms with Crippen molar-refractivity contribution in [3.05, 3.63) is 64.2 Å². The highest BCUT2D eigenvalue weighted by Crippen LogP contribution is 2.24. The van der Waals surface area contributed by atoms with Gasteiger partial charge >= 0.3 is 0 Å². The van der Waals surface area contributed by atoms with Crippen LogP contribution in [0.3, 0.4) is 0 Å². The molecule has 2 heterocycles. The molecule has 1 amide bonds. The fraction of sp³-hybridized carbons (Fsp3) is 0.333. The van der Waals surface area contributed by atoms with Crippen LogP contribution in [0.1, 0.15) is 41.6 Å². The Morgan fingerprint density at radius 2 is 2.00 bits per heavy atom. The first-order valence-corrected chi connectivity index (χ1v) is 9.84. The van der Waals surface area contributed by atoms with E-state index in [1.807, 2.05) is 0 Å². The van der Waals surface area contributed by atoms with Crippen molar-refractivity contribution < 1.29 is 18.7 Å². The summed E-state index contributed by atoms with van der Waals surface area (Å²) in [5.41, 5.74) is 0.140. The first kappa shape index (κ1) is 20.9. The molecular formula is C21H21F2N5O3. The molecule has 1 fully saturated rings. The van der Waals surface area contributed by atoms with Crippen LogP contribution in [0.25, 0.3) is 16.9 Å². The van der Waals surface area contributed by atoms with Gasteiger partial charge < -0.3 is 10.4 Å². The molecule has 1 aromatic carbocycles. The van der Waals surface area contributed by atoms with Crippen LogP contribution in [0.15, 0.2) is 47.5 Å². The number of halogens is 2. The van der Waals surface area contributed by atoms with E-state index in [0.29, 0.717) is 24.1 Å². The molecule has 162 valence electrons. The highest BCUT2D eigenvalue weighted by atomic mass is 19.3. The van der Waals surface area contributed by atoms with Crippen LogP contribution in [0, 0.1) is 0 Å². The number of aromatic nitrogens is 4. The minimum atomic E-state index is -2.61. The number of benzene rings is 1. The number of hydrogen-bond donors (Lipinski definition) is 2. The number of nitrogens with zero attached hydrogens (tertiary/aromatic N) is 4. The molecule has 4 rings (SSSR count). The average molecular weight is 429 g/mol. The molecule has 2 atom stereocenters. The van der Waals surface area contributed by atoms with Crippen molar-refractivity contribution in [3.8, 4) is 16.9 Å². The molecule has 3 aromatic rings. The summed E-state index contributed by atoms with van der Waals surface area (Å²) in [6, 6.07) is 6.38. The van der Waals surface area contributed by atoms with Crippen LogP contribution >= 0.6 is 0 Å². The van der Waals surface area contributed by atoms with Crippen LogP contribution in [0.2, 0.25) is 0 Å². The third kappa shape index (κ3) is 4.24. The van der Waals surface area contributed by atoms with E-state index >= 15 is 0 Å². The van der Waals surface area contributed by atoms with Gasteiger partial charge in [-0.25, -0.2) is 8.78 Å². The summed E-state index contributed by atoms with van der Waals surface area (Å²) < 4.78 is 28.3. The van der Waals surface area contributed by atoms with Crippen LogP contribution in [-0.4, -0.2) is 42.7 Å². The van der Waals surface area contributed by atoms with Gasteiger partial charge in [0.05, 0.1) is 30.2 Å². The molecule has 1 saturated carbocycles. The average Bonchev–Trinajstić information content (AvgIpc) is 3.36. The summed E-state index contributed by atoms with van der Waals surface area (Å²) in [4.78, 5) is 25.9. The van der Waals surface area contributed by atoms with E-state index in [2.05, 4.69) is 15.5 Å². The molecule has 0 saturated heterocycles. The largest absolute Gasteiger partial charge is 0.391 e. The second kappa shape index (κ2) is 8.38. The van der Waals surface area contributed by atoms with Gasteiger partial charge in [-0.2, -0.15) is 14.9 Å². The van der Waals surface area contributed by atoms with Crippen molar-refractivity contribution in [3.63, 3.8) is 0 Å². The van der Waals surface area contributed by atoms with Crippen molar-refractivity contribution >= 4 is 5.91 Å². The summed E-state index contributed by atoms with van der Waals surface area (Å²) >= 11 is 0. The molecule has 1 aliphatic carbocycles. The SMILES string of the molecule is Cn1cc(-n2nc(-c3ccc(C(F)F)cc3)cc(C(=O)NC3CCCC3O)c2=O)cn1. The van der Waals surface area contributed by atoms with Crippen LogP contribution < -0.4 is 10.9 Å². The maximum Gasteiger partial charge on any atom is 0.284 e. The van der Waals surface area contributed by atoms with E-state index in [0.717, 1.165) is 11.1 Å². The molecule has 31 heavy (non-hydrogen) atoms. The van der Waals surface area contributed by atoms with Crippen LogP contribution in [-0.2, 0) is 7.05 Å². The lowest BCUT2D eigenvalue weighted by Crippen LogP contribution is -2.42. The topological polar surface area (TPSA) is 102 Å². The Labute approximate surface area is 176 Å². The Hall–Kier alpha value is -3.40. The maximum absolute atomic E-state index is 13.0. The molecule has 2 N–H and O–H groups in total. The minimum Gasteiger partial charge on any atom is -0.391 e. The van der Waals surface area contributed by atoms with Crippen molar-refractivity contribution in [2.45, 2.75) is 37.8 Å². The predicted molar refractivity (Wildman–Crippen MR) is 108 cm³/mol. The summed E-state index contributed by atoms with van der Waals surface area (Å²) in [5, 5.41) is 21.1. The first-order valence-electron chi connectivity index (χ1n) is 9.84. The van der Waals surface area contributed by atoms with Crippen molar-refractivity contribution in [1.29, 1.82) is 0 Å². The van der Waals surface area contributed by atoms with E-state index < -0.39 is 30.0 Å². The van der Waals surface area contributed by atoms with Gasteiger partial charge in [0, 0.05) is 18.2 Å². The zero-order chi connectivity index (χ0) is 22.1. The number of carbonyl (C=O) groups is 1. The zero-order valence-electron chi connectivity index (χ0n) is 16.7. The molecule has 0 aliphatic heterocycles. The molecule has 10 heteroatoms. The minimum absolute atomic E-state index is 0.141. The van der Waals surface area contributed by atoms with Gasteiger partial charge in [0.1, 0.15) is 11.3 Å². The standard InChI is InChI=1S/C21H21F2N5O3/c1-27-11-14(10-24-27)28-21(31)15(20(30)25-16-3-2-4-18(16)29)9-17(26-28)12-5-7-13(8-6-12)19(22)23/h5-11,16,18-19,29H,2-4H2,1H3,(H,25,30). The van der Waals surface area contributed by atoms with Gasteiger partial charge in [-0.05, 0) is 25.3 Å². The second-order valence-electron chi connectivity index (χ2n) is 7.53. The summed E-state index contributed by atoms with van der Waals surface area (Å²) in [7, 11) is 1.68. The van der Waals surface area contributed by atoms with Gasteiger partial charge in [-0.1, -0.05) is 24.3 Å². The predicted octanol–water partition coefficient (Wildman–Crippen LogP) is 2.21. The van der Waals surface area contributed by atoms with Gasteiger partial charge in [0.2, 0.25) is 0 Å². The fourth-order valence-electron chi connectivity index (χ4n) is 3.65. The number of nitrogens with one attached hydrogen (secondary N) is 1. The van der Waals surface area contributed by atoms with E-state index in [1.54, 1.807) is 13.2 Å². The molecule has 8 nitrogen and oxygen atoms in total. The highest BCUT2D eigenvalue weighted by Gasteiger charge is 2.28. The number of carbonyl (C=O) groups excluding carboxylic acids is 1. The van der Waals surface area contributed by atoms with E-state index in [-0.39, 0.29) is 16.8 Å². The summed E-state index contributed by atoms with van der Waals surface area (Å²) in [5.74, 6) is -0.624. The summed E-state index contributed by atoms with van der Waals surface area (Å²) in [6.07, 6.45) is 1.73. The Morgan fingerprint density at radius 1 is 1.26 bits per heavy atom. The first-order chi connectivity index (χ1) is 14.8. The molecular weight excluding hydrogens is 408 g/mol. The number of alkyl halides is 2. The number of aliphatic hydroxyl groups excluding tert-OH is 1. The summed E-state index contributed by atoms with van der Waals surface area (Å²) in [6.45, 7) is 0. The number of hydrogen-bond acceptors (Lipinski definition) is 5. The number of aliphatic hydroxyl groups is 1. The number of aryl methyl sites for hydroxylation is 1. The maximum atomic E-state index is 13.0. The van der Waals surface area contributed by atoms with Crippen molar-refractivity contribution in [2.75, 3.05) is 0 Å². The molecule has 0 spiro atoms. The van der Waals surface area contributed by atoms with E-state index in [9.17, 15) is 23.5 Å². The molecule has 1 aliphatic rings. The second-order valence-corrected chi connectivity index (χ2v) is 7.53. The fourth-order valence-corrected chi connectivity index (χ4v) is 3.65. The smallest absolute Gasteiger partial charge is 0.284 e. The van der Waals surface area contributed by atoms with Crippen molar-refractivity contribution in [1.82, 2.24) is 24.9 Å². The van der Waals surface area contributed by atoms with Gasteiger partial charge in [0.15, 0.2) is 0 Å². The van der Waals surface area contributed by atoms with Gasteiger partial charge in [-0.3, -0.25) is 14.3 Å². The normalized spacial score (nSPS) is 18.5. The van der Waals surface area contributed by atoms with Crippen LogP contribution in [0.4, 0.5) is 8.78 Å². The lowest BCUT2D eigenvalue weighted by atomic mass is 10.1. The Balaban J connectivity index is 1.78. The van der Waals surface area contributed by atoms with Gasteiger partial charge in [-0.15, -0.1) is 0 Å². The lowest BCUT2D eigenvalue weighted by Gasteiger charge is -2.17. The van der Waals surface area contributed by atoms with Crippen molar-refractivity contribution in [2.24, 2.45) is 7.05 Å². The van der Waals surface area contributed by atoms with Gasteiger partial charge in [0.25, 0.3) is 17.9 Å². The van der Waals surface area contributed by atoms with E-state index in [4.69, 9.17) is 0 Å². The third-order valence-electron chi connectivity index (χ3n) is 5.35. The molecule has 0 radical (unpaired) electrons.